The van der Waals surface area contributed by atoms with E-state index in [2.05, 4.69) is 35.6 Å². The lowest BCUT2D eigenvalue weighted by molar-refractivity contribution is 0.309. The number of hydrogen-bond donors (Lipinski definition) is 1. The molecule has 3 rings (SSSR count). The van der Waals surface area contributed by atoms with Crippen molar-refractivity contribution in [2.75, 3.05) is 6.54 Å². The normalized spacial score (nSPS) is 28.6. The predicted molar refractivity (Wildman–Crippen MR) is 81.4 cm³/mol. The maximum absolute atomic E-state index is 3.91. The van der Waals surface area contributed by atoms with Gasteiger partial charge in [0.15, 0.2) is 0 Å². The van der Waals surface area contributed by atoms with Crippen LogP contribution in [0.2, 0.25) is 0 Å². The monoisotopic (exact) mass is 257 g/mol. The van der Waals surface area contributed by atoms with Gasteiger partial charge in [-0.05, 0) is 49.6 Å². The molecule has 0 spiro atoms. The number of nitrogens with one attached hydrogen (secondary N) is 1. The minimum absolute atomic E-state index is 0.719. The molecule has 104 valence electrons. The summed E-state index contributed by atoms with van der Waals surface area (Å²) in [5.74, 6) is 1.70. The van der Waals surface area contributed by atoms with Gasteiger partial charge < -0.3 is 5.32 Å². The summed E-state index contributed by atoms with van der Waals surface area (Å²) in [5, 5.41) is 3.91. The van der Waals surface area contributed by atoms with Gasteiger partial charge in [-0.15, -0.1) is 0 Å². The lowest BCUT2D eigenvalue weighted by atomic mass is 9.80. The van der Waals surface area contributed by atoms with E-state index in [0.29, 0.717) is 0 Å². The van der Waals surface area contributed by atoms with Crippen molar-refractivity contribution in [3.05, 3.63) is 35.9 Å². The van der Waals surface area contributed by atoms with Crippen LogP contribution in [0.25, 0.3) is 0 Å². The molecule has 1 aromatic rings. The Balaban J connectivity index is 1.60. The van der Waals surface area contributed by atoms with E-state index in [1.807, 2.05) is 0 Å². The van der Waals surface area contributed by atoms with E-state index >= 15 is 0 Å². The van der Waals surface area contributed by atoms with E-state index < -0.39 is 0 Å². The van der Waals surface area contributed by atoms with E-state index in [0.717, 1.165) is 17.9 Å². The van der Waals surface area contributed by atoms with E-state index in [1.165, 1.54) is 57.9 Å². The fourth-order valence-corrected chi connectivity index (χ4v) is 4.01. The summed E-state index contributed by atoms with van der Waals surface area (Å²) in [5.41, 5.74) is 1.55. The highest BCUT2D eigenvalue weighted by atomic mass is 14.9. The Morgan fingerprint density at radius 1 is 0.842 bits per heavy atom. The molecule has 0 aromatic heterocycles. The molecule has 1 heteroatoms. The van der Waals surface area contributed by atoms with Crippen molar-refractivity contribution in [3.8, 4) is 0 Å². The molecule has 2 aliphatic carbocycles. The average molecular weight is 257 g/mol. The number of rotatable bonds is 4. The summed E-state index contributed by atoms with van der Waals surface area (Å²) in [6.45, 7) is 1.26. The standard InChI is InChI=1S/C18H27N/c1-2-10-16(11-3-1)17-12-6-7-13-18(17)19-14-15-8-4-5-9-15/h1-3,10-11,15,17-19H,4-9,12-14H2. The second-order valence-corrected chi connectivity index (χ2v) is 6.47. The third kappa shape index (κ3) is 3.39. The zero-order chi connectivity index (χ0) is 12.9. The van der Waals surface area contributed by atoms with Crippen LogP contribution in [0.4, 0.5) is 0 Å². The van der Waals surface area contributed by atoms with Gasteiger partial charge in [-0.3, -0.25) is 0 Å². The molecule has 0 bridgehead atoms. The Morgan fingerprint density at radius 3 is 2.32 bits per heavy atom. The highest BCUT2D eigenvalue weighted by molar-refractivity contribution is 5.22. The maximum Gasteiger partial charge on any atom is 0.0136 e. The average Bonchev–Trinajstić information content (AvgIpc) is 3.00. The molecule has 1 nitrogen and oxygen atoms in total. The molecule has 2 aliphatic rings. The topological polar surface area (TPSA) is 12.0 Å². The van der Waals surface area contributed by atoms with Gasteiger partial charge in [-0.1, -0.05) is 56.0 Å². The molecular weight excluding hydrogens is 230 g/mol. The Bertz CT molecular complexity index is 367. The molecule has 1 N–H and O–H groups in total. The van der Waals surface area contributed by atoms with Gasteiger partial charge in [-0.2, -0.15) is 0 Å². The third-order valence-electron chi connectivity index (χ3n) is 5.14. The minimum atomic E-state index is 0.719. The van der Waals surface area contributed by atoms with Gasteiger partial charge in [0.05, 0.1) is 0 Å². The summed E-state index contributed by atoms with van der Waals surface area (Å²) in [6, 6.07) is 11.9. The summed E-state index contributed by atoms with van der Waals surface area (Å²) in [6.07, 6.45) is 11.4. The zero-order valence-corrected chi connectivity index (χ0v) is 12.0. The van der Waals surface area contributed by atoms with Crippen molar-refractivity contribution >= 4 is 0 Å². The van der Waals surface area contributed by atoms with Gasteiger partial charge in [-0.25, -0.2) is 0 Å². The molecule has 19 heavy (non-hydrogen) atoms. The van der Waals surface area contributed by atoms with Crippen molar-refractivity contribution in [3.63, 3.8) is 0 Å². The highest BCUT2D eigenvalue weighted by Gasteiger charge is 2.27. The summed E-state index contributed by atoms with van der Waals surface area (Å²) >= 11 is 0. The Hall–Kier alpha value is -0.820. The van der Waals surface area contributed by atoms with E-state index in [1.54, 1.807) is 5.56 Å². The second kappa shape index (κ2) is 6.56. The van der Waals surface area contributed by atoms with Crippen LogP contribution in [0.3, 0.4) is 0 Å². The smallest absolute Gasteiger partial charge is 0.0136 e. The largest absolute Gasteiger partial charge is 0.313 e. The molecule has 0 heterocycles. The molecule has 1 aromatic carbocycles. The molecular formula is C18H27N. The van der Waals surface area contributed by atoms with Gasteiger partial charge in [0.25, 0.3) is 0 Å². The SMILES string of the molecule is c1ccc(C2CCCCC2NCC2CCCC2)cc1. The van der Waals surface area contributed by atoms with Crippen LogP contribution in [-0.4, -0.2) is 12.6 Å². The summed E-state index contributed by atoms with van der Waals surface area (Å²) in [4.78, 5) is 0. The van der Waals surface area contributed by atoms with Crippen LogP contribution in [0.15, 0.2) is 30.3 Å². The third-order valence-corrected chi connectivity index (χ3v) is 5.14. The lowest BCUT2D eigenvalue weighted by Gasteiger charge is -2.33. The van der Waals surface area contributed by atoms with Crippen molar-refractivity contribution in [2.24, 2.45) is 5.92 Å². The molecule has 2 unspecified atom stereocenters. The van der Waals surface area contributed by atoms with Gasteiger partial charge in [0, 0.05) is 6.04 Å². The van der Waals surface area contributed by atoms with Gasteiger partial charge in [0.2, 0.25) is 0 Å². The molecule has 0 aliphatic heterocycles. The van der Waals surface area contributed by atoms with Crippen LogP contribution in [0.5, 0.6) is 0 Å². The fraction of sp³-hybridized carbons (Fsp3) is 0.667. The Morgan fingerprint density at radius 2 is 1.53 bits per heavy atom. The van der Waals surface area contributed by atoms with E-state index in [4.69, 9.17) is 0 Å². The maximum atomic E-state index is 3.91. The molecule has 2 atom stereocenters. The Kier molecular flexibility index (Phi) is 4.55. The van der Waals surface area contributed by atoms with E-state index in [-0.39, 0.29) is 0 Å². The van der Waals surface area contributed by atoms with Crippen LogP contribution in [0.1, 0.15) is 62.8 Å². The van der Waals surface area contributed by atoms with Crippen molar-refractivity contribution in [1.29, 1.82) is 0 Å². The first kappa shape index (κ1) is 13.2. The highest BCUT2D eigenvalue weighted by Crippen LogP contribution is 2.33. The van der Waals surface area contributed by atoms with Crippen LogP contribution < -0.4 is 5.32 Å². The predicted octanol–water partition coefficient (Wildman–Crippen LogP) is 4.49. The Labute approximate surface area is 117 Å². The van der Waals surface area contributed by atoms with Crippen LogP contribution in [-0.2, 0) is 0 Å². The first-order chi connectivity index (χ1) is 9.43. The zero-order valence-electron chi connectivity index (χ0n) is 12.0. The molecule has 0 amide bonds. The number of hydrogen-bond acceptors (Lipinski definition) is 1. The van der Waals surface area contributed by atoms with Crippen molar-refractivity contribution in [1.82, 2.24) is 5.32 Å². The lowest BCUT2D eigenvalue weighted by Crippen LogP contribution is -2.39. The quantitative estimate of drug-likeness (QED) is 0.838. The molecule has 2 fully saturated rings. The molecule has 0 radical (unpaired) electrons. The first-order valence-electron chi connectivity index (χ1n) is 8.22. The van der Waals surface area contributed by atoms with E-state index in [9.17, 15) is 0 Å². The molecule has 2 saturated carbocycles. The second-order valence-electron chi connectivity index (χ2n) is 6.47. The minimum Gasteiger partial charge on any atom is -0.313 e. The first-order valence-corrected chi connectivity index (χ1v) is 8.22. The summed E-state index contributed by atoms with van der Waals surface area (Å²) in [7, 11) is 0. The summed E-state index contributed by atoms with van der Waals surface area (Å²) < 4.78 is 0. The molecule has 0 saturated heterocycles. The number of benzene rings is 1. The van der Waals surface area contributed by atoms with Crippen LogP contribution >= 0.6 is 0 Å². The van der Waals surface area contributed by atoms with Gasteiger partial charge in [0.1, 0.15) is 0 Å². The van der Waals surface area contributed by atoms with Crippen LogP contribution in [0, 0.1) is 5.92 Å². The fourth-order valence-electron chi connectivity index (χ4n) is 4.01. The van der Waals surface area contributed by atoms with Gasteiger partial charge >= 0.3 is 0 Å². The van der Waals surface area contributed by atoms with Crippen molar-refractivity contribution < 1.29 is 0 Å². The van der Waals surface area contributed by atoms with Crippen molar-refractivity contribution in [2.45, 2.75) is 63.3 Å².